The van der Waals surface area contributed by atoms with Crippen molar-refractivity contribution in [1.82, 2.24) is 26.2 Å². The van der Waals surface area contributed by atoms with Crippen molar-refractivity contribution in [2.45, 2.75) is 118 Å². The quantitative estimate of drug-likeness (QED) is 0.187. The number of nitrogens with one attached hydrogen (secondary N) is 4. The summed E-state index contributed by atoms with van der Waals surface area (Å²) >= 11 is 0. The summed E-state index contributed by atoms with van der Waals surface area (Å²) in [4.78, 5) is 80.4. The van der Waals surface area contributed by atoms with Crippen LogP contribution in [0, 0.1) is 28.6 Å². The van der Waals surface area contributed by atoms with Crippen LogP contribution in [0.1, 0.15) is 93.9 Å². The first-order valence-corrected chi connectivity index (χ1v) is 16.6. The summed E-state index contributed by atoms with van der Waals surface area (Å²) in [5, 5.41) is 10.6. The number of ketones is 1. The van der Waals surface area contributed by atoms with Crippen molar-refractivity contribution in [3.05, 3.63) is 12.7 Å². The number of carbonyl (C=O) groups is 6. The lowest BCUT2D eigenvalue weighted by atomic mass is 9.85. The van der Waals surface area contributed by atoms with Crippen LogP contribution in [0.2, 0.25) is 0 Å². The van der Waals surface area contributed by atoms with Crippen molar-refractivity contribution in [3.8, 4) is 0 Å². The first-order valence-electron chi connectivity index (χ1n) is 16.6. The number of carbonyl (C=O) groups excluding carboxylic acids is 6. The van der Waals surface area contributed by atoms with Gasteiger partial charge in [-0.25, -0.2) is 4.79 Å². The number of amides is 5. The monoisotopic (exact) mass is 645 g/mol. The van der Waals surface area contributed by atoms with E-state index in [1.807, 2.05) is 34.6 Å². The molecule has 0 aromatic carbocycles. The number of Topliss-reactive ketones (excluding diaryl/α,β-unsaturated/α-hetero) is 1. The Morgan fingerprint density at radius 3 is 2.15 bits per heavy atom. The number of nitrogens with zero attached hydrogens (tertiary/aromatic N) is 1. The Morgan fingerprint density at radius 2 is 1.59 bits per heavy atom. The van der Waals surface area contributed by atoms with Gasteiger partial charge in [-0.2, -0.15) is 0 Å². The molecule has 12 nitrogen and oxygen atoms in total. The molecule has 258 valence electrons. The molecule has 0 aromatic heterocycles. The predicted molar refractivity (Wildman–Crippen MR) is 173 cm³/mol. The first-order chi connectivity index (χ1) is 21.3. The Morgan fingerprint density at radius 1 is 0.957 bits per heavy atom. The molecule has 0 aromatic rings. The third-order valence-electron chi connectivity index (χ3n) is 9.52. The van der Waals surface area contributed by atoms with Crippen molar-refractivity contribution in [1.29, 1.82) is 0 Å². The van der Waals surface area contributed by atoms with E-state index in [2.05, 4.69) is 27.8 Å². The number of likely N-dealkylation sites (tertiary alicyclic amines) is 1. The highest BCUT2D eigenvalue weighted by molar-refractivity contribution is 6.38. The molecule has 5 amide bonds. The molecule has 3 unspecified atom stereocenters. The zero-order valence-electron chi connectivity index (χ0n) is 28.9. The van der Waals surface area contributed by atoms with Crippen molar-refractivity contribution in [3.63, 3.8) is 0 Å². The topological polar surface area (TPSA) is 163 Å². The predicted octanol–water partition coefficient (Wildman–Crippen LogP) is 2.85. The molecule has 0 bridgehead atoms. The van der Waals surface area contributed by atoms with Crippen LogP contribution in [0.3, 0.4) is 0 Å². The number of ether oxygens (including phenoxy) is 1. The van der Waals surface area contributed by atoms with E-state index in [4.69, 9.17) is 4.74 Å². The van der Waals surface area contributed by atoms with Gasteiger partial charge in [-0.05, 0) is 68.6 Å². The van der Waals surface area contributed by atoms with E-state index in [0.29, 0.717) is 19.0 Å². The van der Waals surface area contributed by atoms with Gasteiger partial charge in [-0.15, -0.1) is 6.58 Å². The second-order valence-electron chi connectivity index (χ2n) is 15.8. The highest BCUT2D eigenvalue weighted by Gasteiger charge is 2.70. The summed E-state index contributed by atoms with van der Waals surface area (Å²) in [6.45, 7) is 18.9. The molecule has 0 spiro atoms. The highest BCUT2D eigenvalue weighted by atomic mass is 16.6. The third kappa shape index (κ3) is 9.31. The number of fused-ring (bicyclic) bond motifs is 1. The Labute approximate surface area is 273 Å². The SMILES string of the molecule is C=CCC(NC(=O)[C@@H]1C2C(CN1C(=O)[C@@H](NC(=O)OC(C)(C)C)C(C)(C)C)C2(C)C)C(=O)C(=O)NCC(=O)NCC1CCCCC1. The molecule has 1 aliphatic heterocycles. The van der Waals surface area contributed by atoms with Crippen LogP contribution in [-0.2, 0) is 28.7 Å². The van der Waals surface area contributed by atoms with E-state index >= 15 is 0 Å². The lowest BCUT2D eigenvalue weighted by molar-refractivity contribution is -0.145. The number of alkyl carbamates (subject to hydrolysis) is 1. The van der Waals surface area contributed by atoms with Gasteiger partial charge in [-0.3, -0.25) is 24.0 Å². The number of piperidine rings is 1. The van der Waals surface area contributed by atoms with E-state index in [1.54, 1.807) is 20.8 Å². The minimum absolute atomic E-state index is 0.0190. The average Bonchev–Trinajstić information content (AvgIpc) is 3.27. The van der Waals surface area contributed by atoms with Gasteiger partial charge in [0.1, 0.15) is 23.7 Å². The van der Waals surface area contributed by atoms with Gasteiger partial charge >= 0.3 is 6.09 Å². The highest BCUT2D eigenvalue weighted by Crippen LogP contribution is 2.65. The number of hydrogen-bond donors (Lipinski definition) is 4. The lowest BCUT2D eigenvalue weighted by Crippen LogP contribution is -2.60. The minimum Gasteiger partial charge on any atom is -0.444 e. The lowest BCUT2D eigenvalue weighted by Gasteiger charge is -2.38. The molecule has 3 aliphatic rings. The van der Waals surface area contributed by atoms with Gasteiger partial charge in [0.05, 0.1) is 6.54 Å². The normalized spacial score (nSPS) is 23.7. The van der Waals surface area contributed by atoms with Crippen molar-refractivity contribution in [2.75, 3.05) is 19.6 Å². The van der Waals surface area contributed by atoms with Gasteiger partial charge in [0, 0.05) is 13.1 Å². The molecular formula is C34H55N5O7. The van der Waals surface area contributed by atoms with E-state index in [-0.39, 0.29) is 36.1 Å². The van der Waals surface area contributed by atoms with Crippen LogP contribution < -0.4 is 21.3 Å². The molecule has 0 radical (unpaired) electrons. The number of hydrogen-bond acceptors (Lipinski definition) is 7. The minimum atomic E-state index is -1.23. The molecule has 1 heterocycles. The summed E-state index contributed by atoms with van der Waals surface area (Å²) in [7, 11) is 0. The Hall–Kier alpha value is -3.44. The molecule has 4 N–H and O–H groups in total. The number of rotatable bonds is 12. The average molecular weight is 646 g/mol. The molecule has 3 fully saturated rings. The van der Waals surface area contributed by atoms with Crippen molar-refractivity contribution in [2.24, 2.45) is 28.6 Å². The van der Waals surface area contributed by atoms with E-state index in [9.17, 15) is 28.8 Å². The summed E-state index contributed by atoms with van der Waals surface area (Å²) in [5.41, 5.74) is -1.69. The largest absolute Gasteiger partial charge is 0.444 e. The molecule has 2 saturated carbocycles. The van der Waals surface area contributed by atoms with Crippen LogP contribution in [0.15, 0.2) is 12.7 Å². The second kappa shape index (κ2) is 14.5. The molecule has 5 atom stereocenters. The fraction of sp³-hybridized carbons (Fsp3) is 0.765. The summed E-state index contributed by atoms with van der Waals surface area (Å²) in [6.07, 6.45) is 6.30. The summed E-state index contributed by atoms with van der Waals surface area (Å²) in [5.74, 6) is -2.95. The zero-order chi connectivity index (χ0) is 34.6. The fourth-order valence-corrected chi connectivity index (χ4v) is 6.83. The van der Waals surface area contributed by atoms with Crippen LogP contribution in [-0.4, -0.2) is 83.8 Å². The maximum atomic E-state index is 14.0. The van der Waals surface area contributed by atoms with E-state index in [0.717, 1.165) is 25.7 Å². The van der Waals surface area contributed by atoms with Gasteiger partial charge in [0.2, 0.25) is 23.5 Å². The molecular weight excluding hydrogens is 590 g/mol. The van der Waals surface area contributed by atoms with Crippen molar-refractivity contribution < 1.29 is 33.5 Å². The summed E-state index contributed by atoms with van der Waals surface area (Å²) < 4.78 is 5.41. The molecule has 2 aliphatic carbocycles. The van der Waals surface area contributed by atoms with Crippen LogP contribution >= 0.6 is 0 Å². The van der Waals surface area contributed by atoms with Gasteiger partial charge < -0.3 is 30.9 Å². The maximum Gasteiger partial charge on any atom is 0.408 e. The van der Waals surface area contributed by atoms with E-state index in [1.165, 1.54) is 17.4 Å². The van der Waals surface area contributed by atoms with Gasteiger partial charge in [-0.1, -0.05) is 60.0 Å². The van der Waals surface area contributed by atoms with Crippen LogP contribution in [0.25, 0.3) is 0 Å². The Balaban J connectivity index is 1.68. The molecule has 12 heteroatoms. The van der Waals surface area contributed by atoms with Gasteiger partial charge in [0.15, 0.2) is 0 Å². The van der Waals surface area contributed by atoms with Gasteiger partial charge in [0.25, 0.3) is 5.91 Å². The Kier molecular flexibility index (Phi) is 11.7. The van der Waals surface area contributed by atoms with E-state index < -0.39 is 58.7 Å². The maximum absolute atomic E-state index is 14.0. The van der Waals surface area contributed by atoms with Crippen LogP contribution in [0.4, 0.5) is 4.79 Å². The second-order valence-corrected chi connectivity index (χ2v) is 15.8. The smallest absolute Gasteiger partial charge is 0.408 e. The van der Waals surface area contributed by atoms with Crippen molar-refractivity contribution >= 4 is 35.5 Å². The fourth-order valence-electron chi connectivity index (χ4n) is 6.83. The Bertz CT molecular complexity index is 1200. The molecule has 3 rings (SSSR count). The van der Waals surface area contributed by atoms with Crippen LogP contribution in [0.5, 0.6) is 0 Å². The standard InChI is InChI=1S/C34H55N5O7/c1-10-14-22(26(41)29(43)36-18-23(40)35-17-20-15-12-11-13-16-20)37-28(42)25-24-21(34(24,8)9)19-39(25)30(44)27(32(2,3)4)38-31(45)46-33(5,6)7/h10,20-22,24-25,27H,1,11-19H2,2-9H3,(H,35,40)(H,36,43)(H,37,42)(H,38,45)/t21?,22?,24?,25-,27+/m0/s1. The zero-order valence-corrected chi connectivity index (χ0v) is 28.9. The molecule has 1 saturated heterocycles. The summed E-state index contributed by atoms with van der Waals surface area (Å²) in [6, 6.07) is -3.13. The molecule has 46 heavy (non-hydrogen) atoms. The third-order valence-corrected chi connectivity index (χ3v) is 9.52. The first kappa shape index (κ1) is 37.0.